The maximum Gasteiger partial charge on any atom is 0.285 e. The molecule has 3 aromatic rings. The molecular formula is C17H17ClN2O2S2. The quantitative estimate of drug-likeness (QED) is 0.679. The van der Waals surface area contributed by atoms with Crippen LogP contribution in [0.15, 0.2) is 51.8 Å². The van der Waals surface area contributed by atoms with Gasteiger partial charge < -0.3 is 4.57 Å². The standard InChI is InChI=1S/C17H17ClN2O2S2/c1-11(2)12-4-9-15-16(10-12)23-17(20(15)3)19-24(21,22)14-7-5-13(18)6-8-14/h4-11H,1-3H3. The fourth-order valence-corrected chi connectivity index (χ4v) is 4.78. The van der Waals surface area contributed by atoms with Crippen LogP contribution in [0.5, 0.6) is 0 Å². The van der Waals surface area contributed by atoms with Crippen LogP contribution in [0, 0.1) is 0 Å². The van der Waals surface area contributed by atoms with E-state index in [1.807, 2.05) is 13.1 Å². The zero-order valence-electron chi connectivity index (χ0n) is 13.5. The highest BCUT2D eigenvalue weighted by Gasteiger charge is 2.14. The molecule has 7 heteroatoms. The van der Waals surface area contributed by atoms with Gasteiger partial charge in [0.1, 0.15) is 0 Å². The second-order valence-corrected chi connectivity index (χ2v) is 8.90. The van der Waals surface area contributed by atoms with E-state index >= 15 is 0 Å². The number of aryl methyl sites for hydroxylation is 1. The Balaban J connectivity index is 2.16. The molecule has 0 bridgehead atoms. The summed E-state index contributed by atoms with van der Waals surface area (Å²) in [4.78, 5) is 0.577. The molecule has 1 heterocycles. The van der Waals surface area contributed by atoms with Crippen molar-refractivity contribution in [1.29, 1.82) is 0 Å². The molecule has 0 N–H and O–H groups in total. The van der Waals surface area contributed by atoms with Crippen molar-refractivity contribution in [2.45, 2.75) is 24.7 Å². The number of hydrogen-bond acceptors (Lipinski definition) is 3. The molecule has 0 aliphatic carbocycles. The lowest BCUT2D eigenvalue weighted by molar-refractivity contribution is 0.596. The van der Waals surface area contributed by atoms with Crippen molar-refractivity contribution in [2.75, 3.05) is 0 Å². The lowest BCUT2D eigenvalue weighted by atomic mass is 10.0. The number of fused-ring (bicyclic) bond motifs is 1. The molecule has 1 aromatic heterocycles. The van der Waals surface area contributed by atoms with Gasteiger partial charge in [-0.05, 0) is 47.9 Å². The topological polar surface area (TPSA) is 51.4 Å². The van der Waals surface area contributed by atoms with Crippen LogP contribution in [0.2, 0.25) is 5.02 Å². The molecule has 0 saturated heterocycles. The predicted molar refractivity (Wildman–Crippen MR) is 99.1 cm³/mol. The van der Waals surface area contributed by atoms with Crippen molar-refractivity contribution in [2.24, 2.45) is 11.4 Å². The van der Waals surface area contributed by atoms with Crippen molar-refractivity contribution in [3.05, 3.63) is 57.9 Å². The van der Waals surface area contributed by atoms with Gasteiger partial charge in [0.05, 0.1) is 15.1 Å². The average molecular weight is 381 g/mol. The van der Waals surface area contributed by atoms with E-state index in [0.29, 0.717) is 15.7 Å². The number of aromatic nitrogens is 1. The Bertz CT molecular complexity index is 1060. The van der Waals surface area contributed by atoms with Gasteiger partial charge in [0.2, 0.25) is 4.80 Å². The molecule has 0 aliphatic rings. The van der Waals surface area contributed by atoms with Crippen molar-refractivity contribution in [3.63, 3.8) is 0 Å². The van der Waals surface area contributed by atoms with E-state index in [0.717, 1.165) is 10.2 Å². The first-order chi connectivity index (χ1) is 11.3. The Hall–Kier alpha value is -1.63. The molecule has 4 nitrogen and oxygen atoms in total. The summed E-state index contributed by atoms with van der Waals surface area (Å²) in [5.74, 6) is 0.417. The molecule has 0 amide bonds. The molecule has 0 spiro atoms. The minimum absolute atomic E-state index is 0.132. The number of rotatable bonds is 3. The van der Waals surface area contributed by atoms with E-state index in [1.54, 1.807) is 16.7 Å². The monoisotopic (exact) mass is 380 g/mol. The second kappa shape index (κ2) is 6.35. The van der Waals surface area contributed by atoms with Crippen molar-refractivity contribution >= 4 is 43.2 Å². The summed E-state index contributed by atoms with van der Waals surface area (Å²) in [6, 6.07) is 12.2. The number of sulfonamides is 1. The van der Waals surface area contributed by atoms with Crippen LogP contribution < -0.4 is 4.80 Å². The minimum Gasteiger partial charge on any atom is -0.319 e. The Morgan fingerprint density at radius 3 is 2.42 bits per heavy atom. The molecule has 0 saturated carbocycles. The molecule has 0 atom stereocenters. The zero-order chi connectivity index (χ0) is 17.5. The van der Waals surface area contributed by atoms with Gasteiger partial charge in [-0.1, -0.05) is 42.9 Å². The van der Waals surface area contributed by atoms with Crippen molar-refractivity contribution < 1.29 is 8.42 Å². The Morgan fingerprint density at radius 1 is 1.12 bits per heavy atom. The smallest absolute Gasteiger partial charge is 0.285 e. The fraction of sp³-hybridized carbons (Fsp3) is 0.235. The minimum atomic E-state index is -3.77. The van der Waals surface area contributed by atoms with E-state index in [1.165, 1.54) is 29.0 Å². The molecule has 126 valence electrons. The largest absolute Gasteiger partial charge is 0.319 e. The van der Waals surface area contributed by atoms with Gasteiger partial charge in [-0.25, -0.2) is 0 Å². The molecule has 0 aliphatic heterocycles. The number of benzene rings is 2. The molecular weight excluding hydrogens is 364 g/mol. The summed E-state index contributed by atoms with van der Waals surface area (Å²) in [6.07, 6.45) is 0. The first-order valence-corrected chi connectivity index (χ1v) is 10.1. The van der Waals surface area contributed by atoms with Gasteiger partial charge >= 0.3 is 0 Å². The predicted octanol–water partition coefficient (Wildman–Crippen LogP) is 4.31. The molecule has 3 rings (SSSR count). The summed E-state index contributed by atoms with van der Waals surface area (Å²) in [7, 11) is -1.95. The summed E-state index contributed by atoms with van der Waals surface area (Å²) in [5.41, 5.74) is 2.19. The van der Waals surface area contributed by atoms with E-state index in [9.17, 15) is 8.42 Å². The van der Waals surface area contributed by atoms with Gasteiger partial charge in [0, 0.05) is 12.1 Å². The lowest BCUT2D eigenvalue weighted by Crippen LogP contribution is -2.13. The third kappa shape index (κ3) is 3.27. The highest BCUT2D eigenvalue weighted by molar-refractivity contribution is 7.90. The van der Waals surface area contributed by atoms with E-state index in [2.05, 4.69) is 30.4 Å². The van der Waals surface area contributed by atoms with E-state index < -0.39 is 10.0 Å². The Kier molecular flexibility index (Phi) is 4.55. The van der Waals surface area contributed by atoms with Crippen LogP contribution >= 0.6 is 22.9 Å². The van der Waals surface area contributed by atoms with Gasteiger partial charge in [0.25, 0.3) is 10.0 Å². The van der Waals surface area contributed by atoms with E-state index in [-0.39, 0.29) is 4.90 Å². The Morgan fingerprint density at radius 2 is 1.79 bits per heavy atom. The summed E-state index contributed by atoms with van der Waals surface area (Å²) >= 11 is 7.18. The van der Waals surface area contributed by atoms with Gasteiger partial charge in [-0.2, -0.15) is 8.42 Å². The van der Waals surface area contributed by atoms with Crippen molar-refractivity contribution in [1.82, 2.24) is 4.57 Å². The van der Waals surface area contributed by atoms with Crippen molar-refractivity contribution in [3.8, 4) is 0 Å². The van der Waals surface area contributed by atoms with Crippen LogP contribution in [0.25, 0.3) is 10.2 Å². The lowest BCUT2D eigenvalue weighted by Gasteiger charge is -2.04. The van der Waals surface area contributed by atoms with Crippen LogP contribution in [0.3, 0.4) is 0 Å². The van der Waals surface area contributed by atoms with Gasteiger partial charge in [0.15, 0.2) is 0 Å². The summed E-state index contributed by atoms with van der Waals surface area (Å²) < 4.78 is 31.8. The average Bonchev–Trinajstić information content (AvgIpc) is 2.82. The molecule has 24 heavy (non-hydrogen) atoms. The van der Waals surface area contributed by atoms with Gasteiger partial charge in [-0.15, -0.1) is 4.40 Å². The number of halogens is 1. The Labute approximate surface area is 150 Å². The third-order valence-corrected chi connectivity index (χ3v) is 6.55. The fourth-order valence-electron chi connectivity index (χ4n) is 2.36. The van der Waals surface area contributed by atoms with Gasteiger partial charge in [-0.3, -0.25) is 0 Å². The maximum absolute atomic E-state index is 12.5. The molecule has 0 fully saturated rings. The number of hydrogen-bond donors (Lipinski definition) is 0. The summed E-state index contributed by atoms with van der Waals surface area (Å²) in [5, 5.41) is 0.489. The number of thiazole rings is 1. The highest BCUT2D eigenvalue weighted by Crippen LogP contribution is 2.23. The SMILES string of the molecule is CC(C)c1ccc2c(c1)sc(=NS(=O)(=O)c1ccc(Cl)cc1)n2C. The second-order valence-electron chi connectivity index (χ2n) is 5.85. The zero-order valence-corrected chi connectivity index (χ0v) is 15.9. The van der Waals surface area contributed by atoms with E-state index in [4.69, 9.17) is 11.6 Å². The first kappa shape index (κ1) is 17.2. The van der Waals surface area contributed by atoms with Crippen LogP contribution in [-0.2, 0) is 17.1 Å². The maximum atomic E-state index is 12.5. The third-order valence-electron chi connectivity index (χ3n) is 3.81. The number of nitrogens with zero attached hydrogens (tertiary/aromatic N) is 2. The highest BCUT2D eigenvalue weighted by atomic mass is 35.5. The normalized spacial score (nSPS) is 13.1. The molecule has 2 aromatic carbocycles. The molecule has 0 unspecified atom stereocenters. The molecule has 0 radical (unpaired) electrons. The first-order valence-electron chi connectivity index (χ1n) is 7.44. The van der Waals surface area contributed by atoms with Crippen LogP contribution in [0.1, 0.15) is 25.3 Å². The summed E-state index contributed by atoms with van der Waals surface area (Å²) in [6.45, 7) is 4.26. The van der Waals surface area contributed by atoms with Crippen LogP contribution in [0.4, 0.5) is 0 Å². The van der Waals surface area contributed by atoms with Crippen LogP contribution in [-0.4, -0.2) is 13.0 Å².